The summed E-state index contributed by atoms with van der Waals surface area (Å²) in [6.45, 7) is 5.05. The van der Waals surface area contributed by atoms with Crippen LogP contribution in [0, 0.1) is 13.8 Å². The quantitative estimate of drug-likeness (QED) is 0.271. The molecule has 3 rings (SSSR count). The number of benzene rings is 3. The highest BCUT2D eigenvalue weighted by Gasteiger charge is 2.08. The third-order valence-corrected chi connectivity index (χ3v) is 4.97. The Morgan fingerprint density at radius 3 is 2.31 bits per heavy atom. The fraction of sp³-hybridized carbons (Fsp3) is 0.192. The Kier molecular flexibility index (Phi) is 6.99. The summed E-state index contributed by atoms with van der Waals surface area (Å²) < 4.78 is 10.7. The molecule has 0 bridgehead atoms. The molecule has 0 amide bonds. The summed E-state index contributed by atoms with van der Waals surface area (Å²) in [5.41, 5.74) is 7.40. The summed E-state index contributed by atoms with van der Waals surface area (Å²) in [6.07, 6.45) is 4.99. The number of rotatable bonds is 8. The molecular formula is C26H26O3. The molecule has 3 heteroatoms. The molecule has 0 aromatic heterocycles. The van der Waals surface area contributed by atoms with Crippen molar-refractivity contribution in [2.45, 2.75) is 13.8 Å². The van der Waals surface area contributed by atoms with Gasteiger partial charge in [0.05, 0.1) is 12.2 Å². The molecule has 0 saturated heterocycles. The standard InChI is InChI=1S/C26H26O3/c1-19-16-26(29-15-14-28-3)24(18-27)17-23(19)13-12-21-10-7-11-25(20(21)2)22-8-5-4-6-9-22/h4-13,16-18H,14-15H2,1-3H3/b13-12+. The van der Waals surface area contributed by atoms with E-state index < -0.39 is 0 Å². The van der Waals surface area contributed by atoms with E-state index in [1.165, 1.54) is 16.7 Å². The molecule has 0 saturated carbocycles. The van der Waals surface area contributed by atoms with Crippen molar-refractivity contribution in [3.63, 3.8) is 0 Å². The zero-order valence-electron chi connectivity index (χ0n) is 17.1. The van der Waals surface area contributed by atoms with Crippen LogP contribution in [0.1, 0.15) is 32.6 Å². The first-order chi connectivity index (χ1) is 14.1. The summed E-state index contributed by atoms with van der Waals surface area (Å²) in [5, 5.41) is 0. The van der Waals surface area contributed by atoms with E-state index in [1.807, 2.05) is 25.1 Å². The van der Waals surface area contributed by atoms with Crippen LogP contribution in [0.4, 0.5) is 0 Å². The predicted octanol–water partition coefficient (Wildman–Crippen LogP) is 5.98. The maximum Gasteiger partial charge on any atom is 0.153 e. The number of hydrogen-bond acceptors (Lipinski definition) is 3. The third kappa shape index (κ3) is 5.01. The van der Waals surface area contributed by atoms with Crippen molar-refractivity contribution in [1.82, 2.24) is 0 Å². The molecule has 3 aromatic carbocycles. The maximum absolute atomic E-state index is 11.5. The van der Waals surface area contributed by atoms with Gasteiger partial charge in [0.2, 0.25) is 0 Å². The lowest BCUT2D eigenvalue weighted by Gasteiger charge is -2.12. The summed E-state index contributed by atoms with van der Waals surface area (Å²) in [7, 11) is 1.62. The van der Waals surface area contributed by atoms with Gasteiger partial charge in [0.25, 0.3) is 0 Å². The lowest BCUT2D eigenvalue weighted by atomic mass is 9.95. The molecule has 0 unspecified atom stereocenters. The number of aldehydes is 1. The average molecular weight is 386 g/mol. The molecule has 0 spiro atoms. The summed E-state index contributed by atoms with van der Waals surface area (Å²) >= 11 is 0. The van der Waals surface area contributed by atoms with Crippen LogP contribution in [0.15, 0.2) is 60.7 Å². The molecule has 148 valence electrons. The fourth-order valence-electron chi connectivity index (χ4n) is 3.29. The number of carbonyl (C=O) groups excluding carboxylic acids is 1. The Labute approximate surface area is 172 Å². The van der Waals surface area contributed by atoms with Gasteiger partial charge < -0.3 is 9.47 Å². The zero-order chi connectivity index (χ0) is 20.6. The molecule has 0 atom stereocenters. The third-order valence-electron chi connectivity index (χ3n) is 4.97. The van der Waals surface area contributed by atoms with Gasteiger partial charge in [-0.15, -0.1) is 0 Å². The lowest BCUT2D eigenvalue weighted by molar-refractivity contribution is 0.111. The van der Waals surface area contributed by atoms with Gasteiger partial charge in [-0.2, -0.15) is 0 Å². The van der Waals surface area contributed by atoms with E-state index in [0.29, 0.717) is 24.5 Å². The van der Waals surface area contributed by atoms with Crippen LogP contribution in [-0.4, -0.2) is 26.6 Å². The van der Waals surface area contributed by atoms with Crippen LogP contribution in [0.2, 0.25) is 0 Å². The van der Waals surface area contributed by atoms with Crippen molar-refractivity contribution in [3.8, 4) is 16.9 Å². The second-order valence-corrected chi connectivity index (χ2v) is 6.92. The van der Waals surface area contributed by atoms with Gasteiger partial charge in [-0.25, -0.2) is 0 Å². The second kappa shape index (κ2) is 9.85. The minimum absolute atomic E-state index is 0.414. The summed E-state index contributed by atoms with van der Waals surface area (Å²) in [5.74, 6) is 0.592. The minimum atomic E-state index is 0.414. The number of carbonyl (C=O) groups is 1. The van der Waals surface area contributed by atoms with Crippen molar-refractivity contribution in [3.05, 3.63) is 88.5 Å². The lowest BCUT2D eigenvalue weighted by Crippen LogP contribution is -2.06. The number of hydrogen-bond donors (Lipinski definition) is 0. The van der Waals surface area contributed by atoms with Crippen LogP contribution in [-0.2, 0) is 4.74 Å². The first kappa shape index (κ1) is 20.6. The second-order valence-electron chi connectivity index (χ2n) is 6.92. The van der Waals surface area contributed by atoms with Crippen LogP contribution in [0.25, 0.3) is 23.3 Å². The molecule has 3 aromatic rings. The maximum atomic E-state index is 11.5. The first-order valence-corrected chi connectivity index (χ1v) is 9.68. The number of methoxy groups -OCH3 is 1. The molecule has 0 fully saturated rings. The van der Waals surface area contributed by atoms with Gasteiger partial charge in [0.1, 0.15) is 12.4 Å². The van der Waals surface area contributed by atoms with Crippen LogP contribution >= 0.6 is 0 Å². The van der Waals surface area contributed by atoms with E-state index >= 15 is 0 Å². The fourth-order valence-corrected chi connectivity index (χ4v) is 3.29. The first-order valence-electron chi connectivity index (χ1n) is 9.68. The van der Waals surface area contributed by atoms with Crippen LogP contribution < -0.4 is 4.74 Å². The largest absolute Gasteiger partial charge is 0.490 e. The number of ether oxygens (including phenoxy) is 2. The van der Waals surface area contributed by atoms with E-state index in [-0.39, 0.29) is 0 Å². The highest BCUT2D eigenvalue weighted by atomic mass is 16.5. The Morgan fingerprint density at radius 1 is 0.828 bits per heavy atom. The van der Waals surface area contributed by atoms with Crippen LogP contribution in [0.5, 0.6) is 5.75 Å². The molecule has 29 heavy (non-hydrogen) atoms. The van der Waals surface area contributed by atoms with Crippen molar-refractivity contribution < 1.29 is 14.3 Å². The monoisotopic (exact) mass is 386 g/mol. The van der Waals surface area contributed by atoms with Crippen molar-refractivity contribution in [2.24, 2.45) is 0 Å². The Hall–Kier alpha value is -3.17. The molecule has 3 nitrogen and oxygen atoms in total. The van der Waals surface area contributed by atoms with Gasteiger partial charge in [-0.1, -0.05) is 60.7 Å². The van der Waals surface area contributed by atoms with Gasteiger partial charge in [0.15, 0.2) is 6.29 Å². The molecule has 0 heterocycles. The summed E-state index contributed by atoms with van der Waals surface area (Å²) in [6, 6.07) is 20.5. The van der Waals surface area contributed by atoms with Gasteiger partial charge >= 0.3 is 0 Å². The normalized spacial score (nSPS) is 11.0. The molecule has 0 aliphatic rings. The average Bonchev–Trinajstić information content (AvgIpc) is 2.75. The Balaban J connectivity index is 1.89. The molecule has 0 N–H and O–H groups in total. The van der Waals surface area contributed by atoms with E-state index in [9.17, 15) is 4.79 Å². The molecule has 0 aliphatic carbocycles. The van der Waals surface area contributed by atoms with E-state index in [4.69, 9.17) is 9.47 Å². The van der Waals surface area contributed by atoms with Gasteiger partial charge in [-0.05, 0) is 59.4 Å². The summed E-state index contributed by atoms with van der Waals surface area (Å²) in [4.78, 5) is 11.5. The Morgan fingerprint density at radius 2 is 1.59 bits per heavy atom. The minimum Gasteiger partial charge on any atom is -0.490 e. The Bertz CT molecular complexity index is 1000. The van der Waals surface area contributed by atoms with Crippen molar-refractivity contribution in [2.75, 3.05) is 20.3 Å². The van der Waals surface area contributed by atoms with Gasteiger partial charge in [0, 0.05) is 7.11 Å². The van der Waals surface area contributed by atoms with E-state index in [2.05, 4.69) is 61.5 Å². The highest BCUT2D eigenvalue weighted by molar-refractivity contribution is 5.84. The highest BCUT2D eigenvalue weighted by Crippen LogP contribution is 2.28. The zero-order valence-corrected chi connectivity index (χ0v) is 17.1. The topological polar surface area (TPSA) is 35.5 Å². The van der Waals surface area contributed by atoms with Crippen molar-refractivity contribution >= 4 is 18.4 Å². The van der Waals surface area contributed by atoms with Gasteiger partial charge in [-0.3, -0.25) is 4.79 Å². The predicted molar refractivity (Wildman–Crippen MR) is 119 cm³/mol. The van der Waals surface area contributed by atoms with Crippen molar-refractivity contribution in [1.29, 1.82) is 0 Å². The smallest absolute Gasteiger partial charge is 0.153 e. The molecule has 0 radical (unpaired) electrons. The molecule has 0 aliphatic heterocycles. The SMILES string of the molecule is COCCOc1cc(C)c(/C=C/c2cccc(-c3ccccc3)c2C)cc1C=O. The van der Waals surface area contributed by atoms with E-state index in [0.717, 1.165) is 23.0 Å². The number of aryl methyl sites for hydroxylation is 1. The van der Waals surface area contributed by atoms with Crippen LogP contribution in [0.3, 0.4) is 0 Å². The van der Waals surface area contributed by atoms with E-state index in [1.54, 1.807) is 7.11 Å². The molecular weight excluding hydrogens is 360 g/mol.